The average Bonchev–Trinajstić information content (AvgIpc) is 2.44. The van der Waals surface area contributed by atoms with E-state index in [-0.39, 0.29) is 0 Å². The largest absolute Gasteiger partial charge is 0.377 e. The van der Waals surface area contributed by atoms with Gasteiger partial charge in [0.2, 0.25) is 0 Å². The molecule has 1 unspecified atom stereocenters. The monoisotopic (exact) mass is 265 g/mol. The quantitative estimate of drug-likeness (QED) is 0.796. The van der Waals surface area contributed by atoms with E-state index in [1.807, 2.05) is 11.8 Å². The first kappa shape index (κ1) is 13.9. The molecule has 1 aliphatic rings. The average molecular weight is 265 g/mol. The lowest BCUT2D eigenvalue weighted by Crippen LogP contribution is -2.21. The predicted molar refractivity (Wildman–Crippen MR) is 78.1 cm³/mol. The van der Waals surface area contributed by atoms with Crippen molar-refractivity contribution in [2.45, 2.75) is 43.7 Å². The molecule has 1 fully saturated rings. The van der Waals surface area contributed by atoms with Crippen molar-refractivity contribution in [1.29, 1.82) is 0 Å². The normalized spacial score (nSPS) is 19.9. The summed E-state index contributed by atoms with van der Waals surface area (Å²) >= 11 is 1.92. The summed E-state index contributed by atoms with van der Waals surface area (Å²) in [6, 6.07) is 8.82. The summed E-state index contributed by atoms with van der Waals surface area (Å²) in [6.07, 6.45) is 4.25. The lowest BCUT2D eigenvalue weighted by atomic mass is 10.1. The summed E-state index contributed by atoms with van der Waals surface area (Å²) in [6.45, 7) is 5.07. The van der Waals surface area contributed by atoms with Gasteiger partial charge >= 0.3 is 0 Å². The van der Waals surface area contributed by atoms with Crippen LogP contribution in [0.4, 0.5) is 0 Å². The van der Waals surface area contributed by atoms with Crippen molar-refractivity contribution in [3.8, 4) is 0 Å². The topological polar surface area (TPSA) is 21.3 Å². The van der Waals surface area contributed by atoms with Gasteiger partial charge in [0.05, 0.1) is 6.10 Å². The van der Waals surface area contributed by atoms with Gasteiger partial charge in [-0.15, -0.1) is 11.8 Å². The lowest BCUT2D eigenvalue weighted by molar-refractivity contribution is 0.0315. The SMILES string of the molecule is CCNCc1cccc(SCC2CCCCO2)c1. The summed E-state index contributed by atoms with van der Waals surface area (Å²) in [5.41, 5.74) is 1.37. The highest BCUT2D eigenvalue weighted by atomic mass is 32.2. The van der Waals surface area contributed by atoms with Crippen LogP contribution < -0.4 is 5.32 Å². The molecule has 3 heteroatoms. The maximum absolute atomic E-state index is 5.76. The van der Waals surface area contributed by atoms with Crippen molar-refractivity contribution in [2.24, 2.45) is 0 Å². The first-order valence-corrected chi connectivity index (χ1v) is 7.91. The minimum atomic E-state index is 0.459. The van der Waals surface area contributed by atoms with Crippen molar-refractivity contribution >= 4 is 11.8 Å². The van der Waals surface area contributed by atoms with Crippen molar-refractivity contribution in [3.05, 3.63) is 29.8 Å². The van der Waals surface area contributed by atoms with E-state index < -0.39 is 0 Å². The van der Waals surface area contributed by atoms with Gasteiger partial charge in [0.15, 0.2) is 0 Å². The van der Waals surface area contributed by atoms with E-state index in [0.29, 0.717) is 6.10 Å². The summed E-state index contributed by atoms with van der Waals surface area (Å²) in [5.74, 6) is 1.09. The Morgan fingerprint density at radius 2 is 2.33 bits per heavy atom. The summed E-state index contributed by atoms with van der Waals surface area (Å²) in [7, 11) is 0. The molecule has 1 aromatic rings. The first-order chi connectivity index (χ1) is 8.88. The summed E-state index contributed by atoms with van der Waals surface area (Å²) in [5, 5.41) is 3.36. The van der Waals surface area contributed by atoms with Gasteiger partial charge in [0.25, 0.3) is 0 Å². The van der Waals surface area contributed by atoms with E-state index >= 15 is 0 Å². The van der Waals surface area contributed by atoms with Crippen molar-refractivity contribution in [1.82, 2.24) is 5.32 Å². The fraction of sp³-hybridized carbons (Fsp3) is 0.600. The van der Waals surface area contributed by atoms with E-state index in [4.69, 9.17) is 4.74 Å². The molecule has 0 saturated carbocycles. The van der Waals surface area contributed by atoms with Gasteiger partial charge < -0.3 is 10.1 Å². The Balaban J connectivity index is 1.80. The minimum Gasteiger partial charge on any atom is -0.377 e. The second-order valence-corrected chi connectivity index (χ2v) is 5.82. The molecule has 1 atom stereocenters. The molecule has 0 bridgehead atoms. The van der Waals surface area contributed by atoms with Crippen molar-refractivity contribution < 1.29 is 4.74 Å². The van der Waals surface area contributed by atoms with Crippen LogP contribution in [0.15, 0.2) is 29.2 Å². The highest BCUT2D eigenvalue weighted by Gasteiger charge is 2.13. The summed E-state index contributed by atoms with van der Waals surface area (Å²) < 4.78 is 5.76. The van der Waals surface area contributed by atoms with Crippen LogP contribution in [0.1, 0.15) is 31.7 Å². The molecule has 0 aromatic heterocycles. The highest BCUT2D eigenvalue weighted by Crippen LogP contribution is 2.24. The zero-order chi connectivity index (χ0) is 12.6. The molecule has 1 aliphatic heterocycles. The van der Waals surface area contributed by atoms with Gasteiger partial charge in [-0.25, -0.2) is 0 Å². The number of ether oxygens (including phenoxy) is 1. The van der Waals surface area contributed by atoms with Gasteiger partial charge in [-0.1, -0.05) is 19.1 Å². The number of hydrogen-bond donors (Lipinski definition) is 1. The van der Waals surface area contributed by atoms with Crippen molar-refractivity contribution in [2.75, 3.05) is 18.9 Å². The van der Waals surface area contributed by atoms with Crippen LogP contribution in [0.2, 0.25) is 0 Å². The molecule has 1 aromatic carbocycles. The predicted octanol–water partition coefficient (Wildman–Crippen LogP) is 3.46. The second kappa shape index (κ2) is 7.82. The lowest BCUT2D eigenvalue weighted by Gasteiger charge is -2.22. The van der Waals surface area contributed by atoms with E-state index in [2.05, 4.69) is 36.5 Å². The van der Waals surface area contributed by atoms with Gasteiger partial charge in [0.1, 0.15) is 0 Å². The number of hydrogen-bond acceptors (Lipinski definition) is 3. The molecular formula is C15H23NOS. The Morgan fingerprint density at radius 3 is 3.11 bits per heavy atom. The Kier molecular flexibility index (Phi) is 6.05. The molecule has 0 amide bonds. The van der Waals surface area contributed by atoms with Gasteiger partial charge in [-0.2, -0.15) is 0 Å². The van der Waals surface area contributed by atoms with E-state index in [0.717, 1.165) is 25.4 Å². The summed E-state index contributed by atoms with van der Waals surface area (Å²) in [4.78, 5) is 1.36. The first-order valence-electron chi connectivity index (χ1n) is 6.92. The number of rotatable bonds is 6. The molecule has 0 aliphatic carbocycles. The Bertz CT molecular complexity index is 350. The van der Waals surface area contributed by atoms with Gasteiger partial charge in [-0.3, -0.25) is 0 Å². The van der Waals surface area contributed by atoms with Crippen LogP contribution in [0, 0.1) is 0 Å². The maximum atomic E-state index is 5.76. The third-order valence-electron chi connectivity index (χ3n) is 3.19. The van der Waals surface area contributed by atoms with Crippen LogP contribution >= 0.6 is 11.8 Å². The molecular weight excluding hydrogens is 242 g/mol. The van der Waals surface area contributed by atoms with Crippen LogP contribution in [0.25, 0.3) is 0 Å². The van der Waals surface area contributed by atoms with Crippen LogP contribution in [0.5, 0.6) is 0 Å². The Labute approximate surface area is 114 Å². The molecule has 1 N–H and O–H groups in total. The third kappa shape index (κ3) is 4.63. The van der Waals surface area contributed by atoms with Crippen LogP contribution in [0.3, 0.4) is 0 Å². The van der Waals surface area contributed by atoms with Crippen molar-refractivity contribution in [3.63, 3.8) is 0 Å². The molecule has 1 heterocycles. The van der Waals surface area contributed by atoms with Crippen LogP contribution in [-0.4, -0.2) is 25.0 Å². The number of thioether (sulfide) groups is 1. The molecule has 0 radical (unpaired) electrons. The smallest absolute Gasteiger partial charge is 0.0669 e. The number of nitrogens with one attached hydrogen (secondary N) is 1. The zero-order valence-electron chi connectivity index (χ0n) is 11.2. The standard InChI is InChI=1S/C15H23NOS/c1-2-16-11-13-6-5-8-15(10-13)18-12-14-7-3-4-9-17-14/h5-6,8,10,14,16H,2-4,7,9,11-12H2,1H3. The highest BCUT2D eigenvalue weighted by molar-refractivity contribution is 7.99. The fourth-order valence-electron chi connectivity index (χ4n) is 2.14. The molecule has 100 valence electrons. The Morgan fingerprint density at radius 1 is 1.39 bits per heavy atom. The fourth-order valence-corrected chi connectivity index (χ4v) is 3.19. The van der Waals surface area contributed by atoms with E-state index in [1.54, 1.807) is 0 Å². The van der Waals surface area contributed by atoms with Gasteiger partial charge in [-0.05, 0) is 43.5 Å². The third-order valence-corrected chi connectivity index (χ3v) is 4.31. The molecule has 18 heavy (non-hydrogen) atoms. The zero-order valence-corrected chi connectivity index (χ0v) is 12.0. The Hall–Kier alpha value is -0.510. The maximum Gasteiger partial charge on any atom is 0.0669 e. The molecule has 1 saturated heterocycles. The number of benzene rings is 1. The second-order valence-electron chi connectivity index (χ2n) is 4.73. The molecule has 2 rings (SSSR count). The van der Waals surface area contributed by atoms with E-state index in [9.17, 15) is 0 Å². The van der Waals surface area contributed by atoms with Crippen LogP contribution in [-0.2, 0) is 11.3 Å². The molecule has 0 spiro atoms. The van der Waals surface area contributed by atoms with Gasteiger partial charge in [0, 0.05) is 23.8 Å². The minimum absolute atomic E-state index is 0.459. The van der Waals surface area contributed by atoms with E-state index in [1.165, 1.54) is 29.7 Å². The molecule has 2 nitrogen and oxygen atoms in total.